The molecule has 0 unspecified atom stereocenters. The molecule has 0 aromatic heterocycles. The first-order valence-corrected chi connectivity index (χ1v) is 7.35. The summed E-state index contributed by atoms with van der Waals surface area (Å²) in [4.78, 5) is 2.40. The Kier molecular flexibility index (Phi) is 6.75. The minimum Gasteiger partial charge on any atom is -0.309 e. The van der Waals surface area contributed by atoms with E-state index in [4.69, 9.17) is 0 Å². The zero-order chi connectivity index (χ0) is 7.49. The molecule has 3 heteroatoms. The molecule has 0 aliphatic carbocycles. The van der Waals surface area contributed by atoms with Crippen LogP contribution >= 0.6 is 12.4 Å². The van der Waals surface area contributed by atoms with Crippen molar-refractivity contribution in [2.45, 2.75) is 26.6 Å². The molecule has 0 aromatic rings. The van der Waals surface area contributed by atoms with Gasteiger partial charge in [-0.1, -0.05) is 26.6 Å². The minimum absolute atomic E-state index is 0. The summed E-state index contributed by atoms with van der Waals surface area (Å²) < 4.78 is 0. The molecular formula is C7H20ClNSi. The van der Waals surface area contributed by atoms with E-state index in [-0.39, 0.29) is 12.4 Å². The number of hydrogen-bond donors (Lipinski definition) is 0. The quantitative estimate of drug-likeness (QED) is 0.604. The molecule has 0 aromatic carbocycles. The molecule has 1 nitrogen and oxygen atoms in total. The summed E-state index contributed by atoms with van der Waals surface area (Å²) in [5.74, 6) is 0. The highest BCUT2D eigenvalue weighted by atomic mass is 35.5. The van der Waals surface area contributed by atoms with Crippen LogP contribution in [-0.2, 0) is 0 Å². The summed E-state index contributed by atoms with van der Waals surface area (Å²) in [6, 6.07) is 0. The molecule has 64 valence electrons. The van der Waals surface area contributed by atoms with Crippen molar-refractivity contribution in [2.24, 2.45) is 0 Å². The normalized spacial score (nSPS) is 11.4. The maximum absolute atomic E-state index is 2.40. The van der Waals surface area contributed by atoms with Crippen molar-refractivity contribution >= 4 is 20.5 Å². The molecule has 10 heavy (non-hydrogen) atoms. The van der Waals surface area contributed by atoms with Gasteiger partial charge in [0.05, 0.1) is 8.07 Å². The number of rotatable bonds is 3. The zero-order valence-electron chi connectivity index (χ0n) is 7.77. The zero-order valence-corrected chi connectivity index (χ0v) is 9.59. The summed E-state index contributed by atoms with van der Waals surface area (Å²) in [5, 5.41) is 0. The van der Waals surface area contributed by atoms with E-state index in [1.807, 2.05) is 0 Å². The summed E-state index contributed by atoms with van der Waals surface area (Å²) in [7, 11) is 1.38. The van der Waals surface area contributed by atoms with Gasteiger partial charge in [-0.15, -0.1) is 12.4 Å². The van der Waals surface area contributed by atoms with Crippen LogP contribution in [0, 0.1) is 0 Å². The standard InChI is InChI=1S/C7H19NSi.ClH/c1-6-8(2)7-9(3,4)5;/h6-7H2,1-5H3;1H. The van der Waals surface area contributed by atoms with E-state index in [1.165, 1.54) is 12.7 Å². The van der Waals surface area contributed by atoms with Crippen LogP contribution in [0.1, 0.15) is 6.92 Å². The van der Waals surface area contributed by atoms with Gasteiger partial charge in [-0.25, -0.2) is 0 Å². The van der Waals surface area contributed by atoms with E-state index in [1.54, 1.807) is 0 Å². The van der Waals surface area contributed by atoms with Gasteiger partial charge >= 0.3 is 0 Å². The summed E-state index contributed by atoms with van der Waals surface area (Å²) in [6.07, 6.45) is 1.32. The maximum atomic E-state index is 2.40. The molecule has 0 rings (SSSR count). The van der Waals surface area contributed by atoms with Gasteiger partial charge in [0, 0.05) is 0 Å². The lowest BCUT2D eigenvalue weighted by Crippen LogP contribution is -2.37. The molecule has 0 aliphatic rings. The molecule has 0 atom stereocenters. The molecule has 0 radical (unpaired) electrons. The molecule has 0 amide bonds. The Balaban J connectivity index is 0. The molecule has 0 bridgehead atoms. The maximum Gasteiger partial charge on any atom is 0.0599 e. The van der Waals surface area contributed by atoms with E-state index in [2.05, 4.69) is 38.5 Å². The van der Waals surface area contributed by atoms with Crippen LogP contribution in [0.2, 0.25) is 19.6 Å². The van der Waals surface area contributed by atoms with Gasteiger partial charge in [0.1, 0.15) is 0 Å². The smallest absolute Gasteiger partial charge is 0.0599 e. The first-order valence-electron chi connectivity index (χ1n) is 3.64. The predicted molar refractivity (Wildman–Crippen MR) is 53.8 cm³/mol. The molecule has 0 N–H and O–H groups in total. The lowest BCUT2D eigenvalue weighted by molar-refractivity contribution is 0.405. The second-order valence-electron chi connectivity index (χ2n) is 3.89. The average molecular weight is 182 g/mol. The van der Waals surface area contributed by atoms with Crippen molar-refractivity contribution in [1.82, 2.24) is 4.90 Å². The third-order valence-electron chi connectivity index (χ3n) is 1.28. The van der Waals surface area contributed by atoms with E-state index < -0.39 is 8.07 Å². The average Bonchev–Trinajstić information content (AvgIpc) is 1.62. The monoisotopic (exact) mass is 181 g/mol. The SMILES string of the molecule is CCN(C)C[Si](C)(C)C.Cl. The summed E-state index contributed by atoms with van der Waals surface area (Å²) in [5.41, 5.74) is 0. The molecule has 0 fully saturated rings. The molecule has 0 saturated carbocycles. The van der Waals surface area contributed by atoms with Crippen molar-refractivity contribution in [3.8, 4) is 0 Å². The van der Waals surface area contributed by atoms with Crippen molar-refractivity contribution < 1.29 is 0 Å². The van der Waals surface area contributed by atoms with E-state index in [0.717, 1.165) is 0 Å². The second-order valence-corrected chi connectivity index (χ2v) is 9.33. The lowest BCUT2D eigenvalue weighted by atomic mass is 10.7. The van der Waals surface area contributed by atoms with Gasteiger partial charge in [-0.05, 0) is 19.8 Å². The van der Waals surface area contributed by atoms with Crippen molar-refractivity contribution in [3.05, 3.63) is 0 Å². The van der Waals surface area contributed by atoms with Crippen LogP contribution in [0.5, 0.6) is 0 Å². The van der Waals surface area contributed by atoms with E-state index in [0.29, 0.717) is 0 Å². The minimum atomic E-state index is -0.815. The van der Waals surface area contributed by atoms with Crippen LogP contribution in [0.4, 0.5) is 0 Å². The third-order valence-corrected chi connectivity index (χ3v) is 2.77. The Labute approximate surface area is 72.2 Å². The molecule has 0 spiro atoms. The lowest BCUT2D eigenvalue weighted by Gasteiger charge is -2.23. The fourth-order valence-electron chi connectivity index (χ4n) is 0.922. The van der Waals surface area contributed by atoms with Crippen molar-refractivity contribution in [1.29, 1.82) is 0 Å². The Bertz CT molecular complexity index is 80.2. The fraction of sp³-hybridized carbons (Fsp3) is 1.00. The summed E-state index contributed by atoms with van der Waals surface area (Å²) >= 11 is 0. The van der Waals surface area contributed by atoms with Crippen LogP contribution < -0.4 is 0 Å². The van der Waals surface area contributed by atoms with Gasteiger partial charge in [-0.3, -0.25) is 0 Å². The number of nitrogens with zero attached hydrogens (tertiary/aromatic N) is 1. The van der Waals surface area contributed by atoms with E-state index >= 15 is 0 Å². The third kappa shape index (κ3) is 8.47. The van der Waals surface area contributed by atoms with Crippen LogP contribution in [0.25, 0.3) is 0 Å². The Morgan fingerprint density at radius 2 is 1.60 bits per heavy atom. The highest BCUT2D eigenvalue weighted by Crippen LogP contribution is 2.01. The molecule has 0 saturated heterocycles. The fourth-order valence-corrected chi connectivity index (χ4v) is 2.76. The van der Waals surface area contributed by atoms with Gasteiger partial charge in [0.25, 0.3) is 0 Å². The predicted octanol–water partition coefficient (Wildman–Crippen LogP) is 2.24. The van der Waals surface area contributed by atoms with Crippen LogP contribution in [-0.4, -0.2) is 32.7 Å². The van der Waals surface area contributed by atoms with Crippen LogP contribution in [0.15, 0.2) is 0 Å². The Hall–Kier alpha value is 0.467. The topological polar surface area (TPSA) is 3.24 Å². The molecule has 0 aliphatic heterocycles. The highest BCUT2D eigenvalue weighted by Gasteiger charge is 2.14. The molecule has 0 heterocycles. The van der Waals surface area contributed by atoms with Gasteiger partial charge in [0.15, 0.2) is 0 Å². The number of halogens is 1. The largest absolute Gasteiger partial charge is 0.309 e. The Morgan fingerprint density at radius 3 is 1.70 bits per heavy atom. The van der Waals surface area contributed by atoms with Crippen molar-refractivity contribution in [2.75, 3.05) is 19.8 Å². The van der Waals surface area contributed by atoms with Gasteiger partial charge < -0.3 is 4.90 Å². The van der Waals surface area contributed by atoms with Crippen LogP contribution in [0.3, 0.4) is 0 Å². The second kappa shape index (κ2) is 5.16. The summed E-state index contributed by atoms with van der Waals surface area (Å²) in [6.45, 7) is 10.6. The highest BCUT2D eigenvalue weighted by molar-refractivity contribution is 6.76. The first kappa shape index (κ1) is 13.1. The first-order chi connectivity index (χ1) is 3.95. The van der Waals surface area contributed by atoms with E-state index in [9.17, 15) is 0 Å². The van der Waals surface area contributed by atoms with Gasteiger partial charge in [0.2, 0.25) is 0 Å². The van der Waals surface area contributed by atoms with Crippen molar-refractivity contribution in [3.63, 3.8) is 0 Å². The molecular weight excluding hydrogens is 162 g/mol. The Morgan fingerprint density at radius 1 is 1.20 bits per heavy atom. The van der Waals surface area contributed by atoms with Gasteiger partial charge in [-0.2, -0.15) is 0 Å². The number of hydrogen-bond acceptors (Lipinski definition) is 1.